The quantitative estimate of drug-likeness (QED) is 0.862. The van der Waals surface area contributed by atoms with Crippen LogP contribution in [0.15, 0.2) is 21.9 Å². The topological polar surface area (TPSA) is 56.0 Å². The number of hydrogen-bond acceptors (Lipinski definition) is 3. The van der Waals surface area contributed by atoms with E-state index >= 15 is 0 Å². The zero-order valence-corrected chi connectivity index (χ0v) is 11.6. The summed E-state index contributed by atoms with van der Waals surface area (Å²) in [4.78, 5) is 24.0. The zero-order valence-electron chi connectivity index (χ0n) is 11.6. The third-order valence-corrected chi connectivity index (χ3v) is 3.72. The van der Waals surface area contributed by atoms with Crippen molar-refractivity contribution in [3.05, 3.63) is 33.1 Å². The zero-order chi connectivity index (χ0) is 13.7. The van der Waals surface area contributed by atoms with Gasteiger partial charge in [0.2, 0.25) is 0 Å². The highest BCUT2D eigenvalue weighted by molar-refractivity contribution is 4.87. The summed E-state index contributed by atoms with van der Waals surface area (Å²) in [5.41, 5.74) is -0.363. The van der Waals surface area contributed by atoms with E-state index in [0.717, 1.165) is 25.8 Å². The summed E-state index contributed by atoms with van der Waals surface area (Å²) in [6, 6.07) is 1.94. The molecule has 1 aromatic rings. The summed E-state index contributed by atoms with van der Waals surface area (Å²) in [6.07, 6.45) is 6.95. The molecule has 0 aliphatic carbocycles. The highest BCUT2D eigenvalue weighted by Crippen LogP contribution is 2.10. The van der Waals surface area contributed by atoms with Crippen molar-refractivity contribution in [3.8, 4) is 0 Å². The smallest absolute Gasteiger partial charge is 0.314 e. The maximum absolute atomic E-state index is 12.2. The minimum atomic E-state index is -0.187. The van der Waals surface area contributed by atoms with Crippen LogP contribution < -0.4 is 16.6 Å². The fourth-order valence-corrected chi connectivity index (χ4v) is 2.63. The Bertz CT molecular complexity index is 512. The van der Waals surface area contributed by atoms with Crippen molar-refractivity contribution < 1.29 is 0 Å². The average Bonchev–Trinajstić information content (AvgIpc) is 2.43. The fraction of sp³-hybridized carbons (Fsp3) is 0.714. The molecule has 0 spiro atoms. The number of aryl methyl sites for hydroxylation is 1. The van der Waals surface area contributed by atoms with Crippen LogP contribution >= 0.6 is 0 Å². The van der Waals surface area contributed by atoms with Crippen LogP contribution in [0.4, 0.5) is 0 Å². The van der Waals surface area contributed by atoms with E-state index < -0.39 is 0 Å². The lowest BCUT2D eigenvalue weighted by Crippen LogP contribution is -2.41. The molecule has 1 fully saturated rings. The fourth-order valence-electron chi connectivity index (χ4n) is 2.63. The van der Waals surface area contributed by atoms with Crippen molar-refractivity contribution in [2.24, 2.45) is 0 Å². The van der Waals surface area contributed by atoms with Gasteiger partial charge in [0.15, 0.2) is 0 Å². The van der Waals surface area contributed by atoms with Gasteiger partial charge < -0.3 is 9.88 Å². The third-order valence-electron chi connectivity index (χ3n) is 3.72. The lowest BCUT2D eigenvalue weighted by molar-refractivity contribution is 0.360. The van der Waals surface area contributed by atoms with Gasteiger partial charge in [0.1, 0.15) is 0 Å². The van der Waals surface area contributed by atoms with Gasteiger partial charge >= 0.3 is 5.69 Å². The maximum atomic E-state index is 12.2. The van der Waals surface area contributed by atoms with E-state index in [4.69, 9.17) is 0 Å². The standard InChI is InChI=1S/C14H23N3O2/c1-2-9-16-10-7-13(18)17(14(16)19)11-6-12-5-3-4-8-15-12/h7,10,12,15H,2-6,8-9,11H2,1H3. The number of rotatable bonds is 5. The van der Waals surface area contributed by atoms with Crippen molar-refractivity contribution in [2.75, 3.05) is 6.54 Å². The molecule has 1 unspecified atom stereocenters. The summed E-state index contributed by atoms with van der Waals surface area (Å²) in [6.45, 7) is 4.25. The van der Waals surface area contributed by atoms with Gasteiger partial charge in [0.25, 0.3) is 5.56 Å². The number of hydrogen-bond donors (Lipinski definition) is 1. The van der Waals surface area contributed by atoms with E-state index in [9.17, 15) is 9.59 Å². The molecule has 0 aromatic carbocycles. The molecule has 2 heterocycles. The molecule has 0 radical (unpaired) electrons. The van der Waals surface area contributed by atoms with Crippen LogP contribution in [-0.2, 0) is 13.1 Å². The number of aromatic nitrogens is 2. The molecule has 1 saturated heterocycles. The number of nitrogens with one attached hydrogen (secondary N) is 1. The van der Waals surface area contributed by atoms with Crippen molar-refractivity contribution in [3.63, 3.8) is 0 Å². The van der Waals surface area contributed by atoms with Crippen molar-refractivity contribution >= 4 is 0 Å². The average molecular weight is 265 g/mol. The van der Waals surface area contributed by atoms with Gasteiger partial charge in [-0.15, -0.1) is 0 Å². The van der Waals surface area contributed by atoms with Gasteiger partial charge in [-0.1, -0.05) is 13.3 Å². The van der Waals surface area contributed by atoms with Gasteiger partial charge in [0.05, 0.1) is 0 Å². The summed E-state index contributed by atoms with van der Waals surface area (Å²) in [7, 11) is 0. The molecule has 0 amide bonds. The first-order valence-corrected chi connectivity index (χ1v) is 7.26. The van der Waals surface area contributed by atoms with Crippen LogP contribution in [0.2, 0.25) is 0 Å². The number of piperidine rings is 1. The first kappa shape index (κ1) is 14.1. The van der Waals surface area contributed by atoms with Gasteiger partial charge in [0, 0.05) is 31.4 Å². The van der Waals surface area contributed by atoms with E-state index in [2.05, 4.69) is 5.32 Å². The van der Waals surface area contributed by atoms with E-state index in [1.165, 1.54) is 23.5 Å². The van der Waals surface area contributed by atoms with Crippen LogP contribution in [0.3, 0.4) is 0 Å². The first-order valence-electron chi connectivity index (χ1n) is 7.26. The monoisotopic (exact) mass is 265 g/mol. The van der Waals surface area contributed by atoms with E-state index in [1.807, 2.05) is 6.92 Å². The van der Waals surface area contributed by atoms with Gasteiger partial charge in [-0.05, 0) is 32.2 Å². The third kappa shape index (κ3) is 3.56. The first-order chi connectivity index (χ1) is 9.22. The molecule has 2 rings (SSSR count). The highest BCUT2D eigenvalue weighted by atomic mass is 16.2. The summed E-state index contributed by atoms with van der Waals surface area (Å²) in [5.74, 6) is 0. The number of nitrogens with zero attached hydrogens (tertiary/aromatic N) is 2. The Morgan fingerprint density at radius 2 is 2.16 bits per heavy atom. The van der Waals surface area contributed by atoms with Crippen LogP contribution in [-0.4, -0.2) is 21.7 Å². The molecule has 1 atom stereocenters. The maximum Gasteiger partial charge on any atom is 0.330 e. The van der Waals surface area contributed by atoms with Crippen LogP contribution in [0.1, 0.15) is 39.0 Å². The van der Waals surface area contributed by atoms with Gasteiger partial charge in [-0.2, -0.15) is 0 Å². The summed E-state index contributed by atoms with van der Waals surface area (Å²) >= 11 is 0. The Hall–Kier alpha value is -1.36. The second-order valence-electron chi connectivity index (χ2n) is 5.22. The van der Waals surface area contributed by atoms with Crippen LogP contribution in [0.25, 0.3) is 0 Å². The molecular formula is C14H23N3O2. The molecule has 1 aromatic heterocycles. The molecular weight excluding hydrogens is 242 g/mol. The largest absolute Gasteiger partial charge is 0.330 e. The van der Waals surface area contributed by atoms with Crippen molar-refractivity contribution in [1.29, 1.82) is 0 Å². The minimum Gasteiger partial charge on any atom is -0.314 e. The molecule has 1 N–H and O–H groups in total. The van der Waals surface area contributed by atoms with Crippen molar-refractivity contribution in [2.45, 2.75) is 58.2 Å². The lowest BCUT2D eigenvalue weighted by Gasteiger charge is -2.23. The molecule has 1 aliphatic heterocycles. The molecule has 0 saturated carbocycles. The predicted molar refractivity (Wildman–Crippen MR) is 75.5 cm³/mol. The second-order valence-corrected chi connectivity index (χ2v) is 5.22. The molecule has 5 heteroatoms. The Morgan fingerprint density at radius 3 is 2.84 bits per heavy atom. The molecule has 0 bridgehead atoms. The molecule has 106 valence electrons. The van der Waals surface area contributed by atoms with Gasteiger partial charge in [-0.3, -0.25) is 9.36 Å². The molecule has 19 heavy (non-hydrogen) atoms. The predicted octanol–water partition coefficient (Wildman–Crippen LogP) is 0.952. The minimum absolute atomic E-state index is 0.176. The Kier molecular flexibility index (Phi) is 4.96. The van der Waals surface area contributed by atoms with Crippen LogP contribution in [0, 0.1) is 0 Å². The Morgan fingerprint density at radius 1 is 1.32 bits per heavy atom. The summed E-state index contributed by atoms with van der Waals surface area (Å²) < 4.78 is 2.99. The van der Waals surface area contributed by atoms with Crippen LogP contribution in [0.5, 0.6) is 0 Å². The highest BCUT2D eigenvalue weighted by Gasteiger charge is 2.13. The molecule has 5 nitrogen and oxygen atoms in total. The van der Waals surface area contributed by atoms with E-state index in [1.54, 1.807) is 10.8 Å². The van der Waals surface area contributed by atoms with E-state index in [-0.39, 0.29) is 11.2 Å². The molecule has 1 aliphatic rings. The van der Waals surface area contributed by atoms with E-state index in [0.29, 0.717) is 19.1 Å². The normalized spacial score (nSPS) is 19.5. The summed E-state index contributed by atoms with van der Waals surface area (Å²) in [5, 5.41) is 3.44. The van der Waals surface area contributed by atoms with Gasteiger partial charge in [-0.25, -0.2) is 4.79 Å². The Balaban J connectivity index is 2.08. The lowest BCUT2D eigenvalue weighted by atomic mass is 10.0. The second kappa shape index (κ2) is 6.70. The SMILES string of the molecule is CCCn1ccc(=O)n(CCC2CCCCN2)c1=O. The Labute approximate surface area is 113 Å². The van der Waals surface area contributed by atoms with Crippen molar-refractivity contribution in [1.82, 2.24) is 14.5 Å².